The van der Waals surface area contributed by atoms with Crippen LogP contribution in [0.15, 0.2) is 24.3 Å². The van der Waals surface area contributed by atoms with Gasteiger partial charge in [-0.3, -0.25) is 4.79 Å². The Morgan fingerprint density at radius 1 is 1.36 bits per heavy atom. The number of aliphatic hydroxyl groups excluding tert-OH is 1. The number of benzene rings is 1. The van der Waals surface area contributed by atoms with Gasteiger partial charge in [0.2, 0.25) is 5.91 Å². The Morgan fingerprint density at radius 2 is 2.08 bits per heavy atom. The standard InChI is InChI=1S/C19H29N3O3/c1-14(2)10-17(20-12-19(13-24)8-3-9-21-19)18(25)22-16-6-4-15(11-23)5-7-16/h4-7,13-14,17,20-21,23H,3,8-12H2,1-2H3,(H,22,25)/t17-,19+/m0/s1. The second-order valence-corrected chi connectivity index (χ2v) is 7.21. The number of rotatable bonds is 9. The third-order valence-corrected chi connectivity index (χ3v) is 4.59. The Balaban J connectivity index is 1.99. The monoisotopic (exact) mass is 347 g/mol. The van der Waals surface area contributed by atoms with Gasteiger partial charge in [-0.05, 0) is 49.4 Å². The van der Waals surface area contributed by atoms with E-state index in [4.69, 9.17) is 5.11 Å². The molecule has 1 aromatic rings. The van der Waals surface area contributed by atoms with Gasteiger partial charge in [-0.2, -0.15) is 0 Å². The van der Waals surface area contributed by atoms with Gasteiger partial charge in [0.05, 0.1) is 18.2 Å². The molecule has 0 bridgehead atoms. The minimum absolute atomic E-state index is 0.0213. The van der Waals surface area contributed by atoms with Gasteiger partial charge in [0.25, 0.3) is 0 Å². The summed E-state index contributed by atoms with van der Waals surface area (Å²) in [5, 5.41) is 18.5. The van der Waals surface area contributed by atoms with Crippen molar-refractivity contribution in [2.45, 2.75) is 51.3 Å². The summed E-state index contributed by atoms with van der Waals surface area (Å²) in [6.45, 7) is 5.40. The number of carbonyl (C=O) groups is 2. The maximum Gasteiger partial charge on any atom is 0.241 e. The molecule has 6 nitrogen and oxygen atoms in total. The third-order valence-electron chi connectivity index (χ3n) is 4.59. The van der Waals surface area contributed by atoms with Crippen molar-refractivity contribution in [2.24, 2.45) is 5.92 Å². The summed E-state index contributed by atoms with van der Waals surface area (Å²) < 4.78 is 0. The highest BCUT2D eigenvalue weighted by Gasteiger charge is 2.34. The van der Waals surface area contributed by atoms with Crippen LogP contribution in [0.1, 0.15) is 38.7 Å². The van der Waals surface area contributed by atoms with Crippen molar-refractivity contribution < 1.29 is 14.7 Å². The molecule has 4 N–H and O–H groups in total. The Labute approximate surface area is 149 Å². The average Bonchev–Trinajstić information content (AvgIpc) is 3.08. The molecule has 1 fully saturated rings. The lowest BCUT2D eigenvalue weighted by Gasteiger charge is -2.27. The van der Waals surface area contributed by atoms with E-state index in [1.165, 1.54) is 0 Å². The van der Waals surface area contributed by atoms with E-state index in [9.17, 15) is 9.59 Å². The first-order chi connectivity index (χ1) is 12.0. The molecular formula is C19H29N3O3. The summed E-state index contributed by atoms with van der Waals surface area (Å²) in [7, 11) is 0. The van der Waals surface area contributed by atoms with E-state index in [0.717, 1.165) is 31.2 Å². The van der Waals surface area contributed by atoms with Gasteiger partial charge in [0.15, 0.2) is 0 Å². The van der Waals surface area contributed by atoms with Crippen LogP contribution in [-0.4, -0.2) is 42.0 Å². The number of nitrogens with one attached hydrogen (secondary N) is 3. The van der Waals surface area contributed by atoms with E-state index in [-0.39, 0.29) is 18.6 Å². The second-order valence-electron chi connectivity index (χ2n) is 7.21. The number of anilines is 1. The predicted molar refractivity (Wildman–Crippen MR) is 98.3 cm³/mol. The molecular weight excluding hydrogens is 318 g/mol. The lowest BCUT2D eigenvalue weighted by molar-refractivity contribution is -0.119. The molecule has 1 amide bonds. The smallest absolute Gasteiger partial charge is 0.241 e. The Morgan fingerprint density at radius 3 is 2.60 bits per heavy atom. The highest BCUT2D eigenvalue weighted by Crippen LogP contribution is 2.17. The molecule has 0 aromatic heterocycles. The molecule has 2 atom stereocenters. The van der Waals surface area contributed by atoms with Crippen LogP contribution in [0, 0.1) is 5.92 Å². The van der Waals surface area contributed by atoms with Crippen molar-refractivity contribution >= 4 is 17.9 Å². The molecule has 1 aromatic carbocycles. The Kier molecular flexibility index (Phi) is 7.11. The second kappa shape index (κ2) is 9.08. The van der Waals surface area contributed by atoms with Crippen LogP contribution < -0.4 is 16.0 Å². The molecule has 1 heterocycles. The molecule has 25 heavy (non-hydrogen) atoms. The van der Waals surface area contributed by atoms with Crippen LogP contribution in [0.25, 0.3) is 0 Å². The lowest BCUT2D eigenvalue weighted by Crippen LogP contribution is -2.54. The van der Waals surface area contributed by atoms with Gasteiger partial charge in [-0.1, -0.05) is 26.0 Å². The summed E-state index contributed by atoms with van der Waals surface area (Å²) in [4.78, 5) is 24.1. The van der Waals surface area contributed by atoms with Crippen LogP contribution in [0.5, 0.6) is 0 Å². The van der Waals surface area contributed by atoms with E-state index in [0.29, 0.717) is 24.6 Å². The number of hydrogen-bond donors (Lipinski definition) is 4. The van der Waals surface area contributed by atoms with Crippen molar-refractivity contribution in [2.75, 3.05) is 18.4 Å². The van der Waals surface area contributed by atoms with Crippen LogP contribution in [0.4, 0.5) is 5.69 Å². The van der Waals surface area contributed by atoms with Crippen molar-refractivity contribution in [3.63, 3.8) is 0 Å². The van der Waals surface area contributed by atoms with E-state index in [1.54, 1.807) is 24.3 Å². The first-order valence-corrected chi connectivity index (χ1v) is 8.93. The summed E-state index contributed by atoms with van der Waals surface area (Å²) in [5.74, 6) is 0.244. The number of hydrogen-bond acceptors (Lipinski definition) is 5. The van der Waals surface area contributed by atoms with Gasteiger partial charge in [-0.25, -0.2) is 0 Å². The van der Waals surface area contributed by atoms with Gasteiger partial charge < -0.3 is 25.9 Å². The van der Waals surface area contributed by atoms with Gasteiger partial charge >= 0.3 is 0 Å². The molecule has 0 unspecified atom stereocenters. The molecule has 1 aliphatic rings. The topological polar surface area (TPSA) is 90.5 Å². The Bertz CT molecular complexity index is 566. The first kappa shape index (κ1) is 19.6. The molecule has 0 aliphatic carbocycles. The van der Waals surface area contributed by atoms with Crippen LogP contribution >= 0.6 is 0 Å². The zero-order valence-corrected chi connectivity index (χ0v) is 15.0. The van der Waals surface area contributed by atoms with Crippen LogP contribution in [-0.2, 0) is 16.2 Å². The van der Waals surface area contributed by atoms with Gasteiger partial charge in [0, 0.05) is 12.2 Å². The number of aldehydes is 1. The lowest BCUT2D eigenvalue weighted by atomic mass is 9.97. The maximum atomic E-state index is 12.7. The summed E-state index contributed by atoms with van der Waals surface area (Å²) in [6.07, 6.45) is 3.42. The average molecular weight is 347 g/mol. The maximum absolute atomic E-state index is 12.7. The number of amides is 1. The van der Waals surface area contributed by atoms with Gasteiger partial charge in [-0.15, -0.1) is 0 Å². The van der Waals surface area contributed by atoms with Crippen molar-refractivity contribution in [1.29, 1.82) is 0 Å². The van der Waals surface area contributed by atoms with E-state index in [1.807, 2.05) is 0 Å². The van der Waals surface area contributed by atoms with Crippen molar-refractivity contribution in [3.05, 3.63) is 29.8 Å². The fraction of sp³-hybridized carbons (Fsp3) is 0.579. The van der Waals surface area contributed by atoms with Crippen LogP contribution in [0.2, 0.25) is 0 Å². The molecule has 0 saturated carbocycles. The van der Waals surface area contributed by atoms with Crippen molar-refractivity contribution in [1.82, 2.24) is 10.6 Å². The van der Waals surface area contributed by atoms with E-state index < -0.39 is 5.54 Å². The molecule has 0 spiro atoms. The minimum Gasteiger partial charge on any atom is -0.392 e. The Hall–Kier alpha value is -1.76. The highest BCUT2D eigenvalue weighted by atomic mass is 16.3. The molecule has 1 saturated heterocycles. The normalized spacial score (nSPS) is 21.3. The zero-order chi connectivity index (χ0) is 18.3. The summed E-state index contributed by atoms with van der Waals surface area (Å²) in [5.41, 5.74) is 0.940. The highest BCUT2D eigenvalue weighted by molar-refractivity contribution is 5.94. The molecule has 1 aliphatic heterocycles. The number of aliphatic hydroxyl groups is 1. The largest absolute Gasteiger partial charge is 0.392 e. The summed E-state index contributed by atoms with van der Waals surface area (Å²) in [6, 6.07) is 6.76. The minimum atomic E-state index is -0.557. The predicted octanol–water partition coefficient (Wildman–Crippen LogP) is 1.44. The van der Waals surface area contributed by atoms with Gasteiger partial charge in [0.1, 0.15) is 6.29 Å². The first-order valence-electron chi connectivity index (χ1n) is 8.93. The van der Waals surface area contributed by atoms with Crippen LogP contribution in [0.3, 0.4) is 0 Å². The molecule has 6 heteroatoms. The molecule has 138 valence electrons. The van der Waals surface area contributed by atoms with Crippen molar-refractivity contribution in [3.8, 4) is 0 Å². The quantitative estimate of drug-likeness (QED) is 0.508. The summed E-state index contributed by atoms with van der Waals surface area (Å²) >= 11 is 0. The number of carbonyl (C=O) groups excluding carboxylic acids is 2. The zero-order valence-electron chi connectivity index (χ0n) is 15.0. The van der Waals surface area contributed by atoms with E-state index in [2.05, 4.69) is 29.8 Å². The fourth-order valence-electron chi connectivity index (χ4n) is 3.11. The van der Waals surface area contributed by atoms with E-state index >= 15 is 0 Å². The fourth-order valence-corrected chi connectivity index (χ4v) is 3.11. The molecule has 2 rings (SSSR count). The SMILES string of the molecule is CC(C)C[C@H](NC[C@@]1(C=O)CCCN1)C(=O)Nc1ccc(CO)cc1. The molecule has 0 radical (unpaired) electrons. The third kappa shape index (κ3) is 5.63.